The molecule has 33 atom stereocenters. The molecule has 0 unspecified atom stereocenters. The lowest BCUT2D eigenvalue weighted by atomic mass is 9.96. The minimum atomic E-state index is -2.01. The highest BCUT2D eigenvalue weighted by Gasteiger charge is 2.55. The number of primary amides is 1. The largest absolute Gasteiger partial charge is 0.394 e. The van der Waals surface area contributed by atoms with Crippen molar-refractivity contribution in [1.82, 2.24) is 56.6 Å². The van der Waals surface area contributed by atoms with E-state index >= 15 is 0 Å². The maximum atomic E-state index is 13.8. The number of amides is 6. The summed E-state index contributed by atoms with van der Waals surface area (Å²) in [5, 5.41) is 239. The minimum absolute atomic E-state index is 0.0108. The molecule has 0 aromatic carbocycles. The van der Waals surface area contributed by atoms with E-state index in [0.29, 0.717) is 25.8 Å². The van der Waals surface area contributed by atoms with Crippen molar-refractivity contribution in [3.8, 4) is 0 Å². The molecule has 0 aliphatic carbocycles. The van der Waals surface area contributed by atoms with Gasteiger partial charge < -0.3 is 197 Å². The summed E-state index contributed by atoms with van der Waals surface area (Å²) < 4.78 is 70.5. The summed E-state index contributed by atoms with van der Waals surface area (Å²) in [5.41, 5.74) is 11.3. The lowest BCUT2D eigenvalue weighted by Gasteiger charge is -2.46. The van der Waals surface area contributed by atoms with Crippen LogP contribution in [0.25, 0.3) is 0 Å². The second-order valence-corrected chi connectivity index (χ2v) is 28.9. The maximum absolute atomic E-state index is 13.8. The number of aliphatic hydroxyl groups is 20. The molecule has 0 saturated carbocycles. The van der Waals surface area contributed by atoms with Crippen LogP contribution >= 0.6 is 0 Å². The van der Waals surface area contributed by atoms with Gasteiger partial charge in [-0.15, -0.1) is 10.2 Å². The van der Waals surface area contributed by atoms with E-state index in [2.05, 4.69) is 47.2 Å². The monoisotopic (exact) mass is 1690 g/mol. The zero-order valence-corrected chi connectivity index (χ0v) is 63.4. The molecule has 8 rings (SSSR count). The number of rotatable bonds is 44. The number of aromatic nitrogens is 6. The molecule has 51 nitrogen and oxygen atoms in total. The Morgan fingerprint density at radius 1 is 0.410 bits per heavy atom. The van der Waals surface area contributed by atoms with Gasteiger partial charge in [0.2, 0.25) is 35.4 Å². The summed E-state index contributed by atoms with van der Waals surface area (Å²) in [7, 11) is 0. The van der Waals surface area contributed by atoms with Crippen LogP contribution in [0.1, 0.15) is 76.1 Å². The number of hydrogen-bond donors (Lipinski definition) is 27. The summed E-state index contributed by atoms with van der Waals surface area (Å²) in [6.07, 6.45) is -48.7. The second kappa shape index (κ2) is 46.1. The normalized spacial score (nSPS) is 36.2. The summed E-state index contributed by atoms with van der Waals surface area (Å²) in [6, 6.07) is -3.67. The molecule has 51 heteroatoms. The molecule has 6 aliphatic rings. The van der Waals surface area contributed by atoms with Crippen LogP contribution in [0.3, 0.4) is 0 Å². The van der Waals surface area contributed by atoms with Crippen LogP contribution in [0.4, 0.5) is 0 Å². The van der Waals surface area contributed by atoms with Crippen molar-refractivity contribution in [1.29, 1.82) is 0 Å². The van der Waals surface area contributed by atoms with Crippen LogP contribution in [-0.2, 0) is 112 Å². The summed E-state index contributed by atoms with van der Waals surface area (Å²) >= 11 is 0. The highest BCUT2D eigenvalue weighted by molar-refractivity contribution is 5.94. The molecule has 117 heavy (non-hydrogen) atoms. The molecule has 668 valence electrons. The quantitative estimate of drug-likeness (QED) is 0.0274. The Morgan fingerprint density at radius 2 is 0.735 bits per heavy atom. The number of carbonyl (C=O) groups is 6. The molecular weight excluding hydrogens is 1580 g/mol. The van der Waals surface area contributed by atoms with E-state index in [1.807, 2.05) is 0 Å². The molecule has 2 aromatic heterocycles. The highest BCUT2D eigenvalue weighted by atomic mass is 16.8. The van der Waals surface area contributed by atoms with Gasteiger partial charge in [0.25, 0.3) is 0 Å². The van der Waals surface area contributed by atoms with Crippen LogP contribution in [0, 0.1) is 0 Å². The molecular formula is C66H111N13O38. The molecule has 0 spiro atoms. The summed E-state index contributed by atoms with van der Waals surface area (Å²) in [6.45, 7) is -5.41. The predicted molar refractivity (Wildman–Crippen MR) is 375 cm³/mol. The molecule has 8 heterocycles. The first-order valence-corrected chi connectivity index (χ1v) is 37.9. The van der Waals surface area contributed by atoms with E-state index in [-0.39, 0.29) is 63.0 Å². The molecule has 6 aliphatic heterocycles. The third-order valence-corrected chi connectivity index (χ3v) is 20.2. The number of carbonyl (C=O) groups excluding carboxylic acids is 6. The minimum Gasteiger partial charge on any atom is -0.394 e. The fraction of sp³-hybridized carbons (Fsp3) is 0.848. The average molecular weight is 1690 g/mol. The Hall–Kier alpha value is -6.22. The van der Waals surface area contributed by atoms with Gasteiger partial charge in [-0.2, -0.15) is 0 Å². The Bertz CT molecular complexity index is 3380. The van der Waals surface area contributed by atoms with E-state index in [0.717, 1.165) is 6.92 Å². The number of ether oxygens (including phenoxy) is 12. The Kier molecular flexibility index (Phi) is 38.0. The SMILES string of the molecule is CC(=O)N[C@@H](CCCCn1cc(CO[C@H]2O[C@H](CO[C@H]3O[C@H](CO)[C@@H](O)[C@H](O)[C@@H]3O)[C@@H](O)[C@H](O[C@H]3O[C@H](CO)[C@@H](O)[C@H](O)[C@@H]3O)[C@@H]2O)nn1)C(=O)NCC(=O)N[C@@H](CCCCn1cc(CO[C@H]2O[C@H](CO[C@H]3O[C@H](CO)[C@@H](O)[C@H](O)[C@@H]3O)[C@@H](O)[C@H](O[C@H]3O[C@H](CO)[C@@H](O)[C@H](O)[C@@H]3O)[C@@H]2O)nn1)C(=O)NCC(=O)N[C@@H](CCCCN)C(N)=O. The first kappa shape index (κ1) is 96.2. The van der Waals surface area contributed by atoms with E-state index in [1.54, 1.807) is 0 Å². The maximum Gasteiger partial charge on any atom is 0.243 e. The standard InChI is InChI=1S/C66H111N13O38/c1-26(84)71-30(9-3-6-12-78-16-27(74-76-78)22-106-63-54(101)56(116-65-52(99)48(95)42(89)34(20-82)112-65)44(91)36(114-63)24-108-61-50(97)46(93)40(87)32(18-80)110-61)59(104)69-15-39(86)73-31(60(105)70-14-38(85)72-29(58(68)103)8-2-5-11-67)10-4-7-13-79-17-28(75-77-79)23-107-64-55(102)57(117-66-53(100)49(96)43(90)35(21-83)113-66)45(92)37(115-64)25-109-62-51(98)47(94)41(88)33(19-81)111-62/h16-17,29-37,40-57,61-66,80-83,87-102H,2-15,18-25,67H2,1H3,(H2,68,103)(H,69,104)(H,70,105)(H,71,84)(H,72,85)(H,73,86)/t29-,30-,31-,32+,33+,34+,35+,36+,37+,40+,41+,42+,43+,44+,45+,46-,47-,48-,49-,50-,51-,52-,53-,54-,55-,56-,57-,61-,62-,63-,64-,65+,66+/m0/s1. The van der Waals surface area contributed by atoms with Crippen LogP contribution in [-0.4, -0.2) is 429 Å². The van der Waals surface area contributed by atoms with Crippen molar-refractivity contribution in [2.45, 2.75) is 293 Å². The average Bonchev–Trinajstić information content (AvgIpc) is 1.15. The van der Waals surface area contributed by atoms with E-state index in [1.165, 1.54) is 21.8 Å². The third-order valence-electron chi connectivity index (χ3n) is 20.2. The van der Waals surface area contributed by atoms with E-state index in [9.17, 15) is 131 Å². The Balaban J connectivity index is 0.843. The Labute approximate surface area is 665 Å². The zero-order valence-electron chi connectivity index (χ0n) is 63.4. The molecule has 6 saturated heterocycles. The number of nitrogens with two attached hydrogens (primary N) is 2. The number of nitrogens with zero attached hydrogens (tertiary/aromatic N) is 6. The fourth-order valence-corrected chi connectivity index (χ4v) is 13.4. The molecule has 0 radical (unpaired) electrons. The van der Waals surface area contributed by atoms with Gasteiger partial charge in [0.05, 0.1) is 78.3 Å². The van der Waals surface area contributed by atoms with Crippen molar-refractivity contribution in [3.63, 3.8) is 0 Å². The van der Waals surface area contributed by atoms with Crippen molar-refractivity contribution in [3.05, 3.63) is 23.8 Å². The number of nitrogens with one attached hydrogen (secondary N) is 5. The highest BCUT2D eigenvalue weighted by Crippen LogP contribution is 2.34. The fourth-order valence-electron chi connectivity index (χ4n) is 13.4. The van der Waals surface area contributed by atoms with Crippen LogP contribution < -0.4 is 38.1 Å². The van der Waals surface area contributed by atoms with Gasteiger partial charge in [-0.3, -0.25) is 38.1 Å². The van der Waals surface area contributed by atoms with Crippen molar-refractivity contribution < 1.29 is 188 Å². The second-order valence-electron chi connectivity index (χ2n) is 28.9. The van der Waals surface area contributed by atoms with Crippen LogP contribution in [0.15, 0.2) is 12.4 Å². The van der Waals surface area contributed by atoms with Gasteiger partial charge in [-0.05, 0) is 64.3 Å². The van der Waals surface area contributed by atoms with Gasteiger partial charge in [0.1, 0.15) is 176 Å². The van der Waals surface area contributed by atoms with E-state index in [4.69, 9.17) is 68.3 Å². The molecule has 29 N–H and O–H groups in total. The lowest BCUT2D eigenvalue weighted by Crippen LogP contribution is -2.65. The summed E-state index contributed by atoms with van der Waals surface area (Å²) in [5.74, 6) is -4.80. The molecule has 6 amide bonds. The smallest absolute Gasteiger partial charge is 0.243 e. The number of unbranched alkanes of at least 4 members (excludes halogenated alkanes) is 3. The van der Waals surface area contributed by atoms with Crippen LogP contribution in [0.2, 0.25) is 0 Å². The number of hydrogen-bond acceptors (Lipinski definition) is 43. The Morgan fingerprint density at radius 3 is 1.09 bits per heavy atom. The van der Waals surface area contributed by atoms with Gasteiger partial charge >= 0.3 is 0 Å². The number of aliphatic hydroxyl groups excluding tert-OH is 20. The summed E-state index contributed by atoms with van der Waals surface area (Å²) in [4.78, 5) is 78.7. The third kappa shape index (κ3) is 26.2. The van der Waals surface area contributed by atoms with Gasteiger partial charge in [-0.25, -0.2) is 0 Å². The van der Waals surface area contributed by atoms with Crippen molar-refractivity contribution >= 4 is 35.4 Å². The van der Waals surface area contributed by atoms with Crippen molar-refractivity contribution in [2.24, 2.45) is 11.5 Å². The molecule has 0 bridgehead atoms. The van der Waals surface area contributed by atoms with Gasteiger partial charge in [-0.1, -0.05) is 10.4 Å². The van der Waals surface area contributed by atoms with Crippen molar-refractivity contribution in [2.75, 3.05) is 59.3 Å². The van der Waals surface area contributed by atoms with Gasteiger partial charge in [0.15, 0.2) is 37.7 Å². The lowest BCUT2D eigenvalue weighted by molar-refractivity contribution is -0.367. The zero-order chi connectivity index (χ0) is 85.6. The van der Waals surface area contributed by atoms with E-state index < -0.39 is 304 Å². The van der Waals surface area contributed by atoms with Gasteiger partial charge in [0, 0.05) is 20.0 Å². The first-order valence-electron chi connectivity index (χ1n) is 37.9. The first-order chi connectivity index (χ1) is 55.7. The number of aryl methyl sites for hydroxylation is 2. The topological polar surface area (TPSA) is 791 Å². The van der Waals surface area contributed by atoms with Crippen LogP contribution in [0.5, 0.6) is 0 Å². The molecule has 2 aromatic rings. The molecule has 6 fully saturated rings. The predicted octanol–water partition coefficient (Wildman–Crippen LogP) is -16.8.